The highest BCUT2D eigenvalue weighted by atomic mass is 16.5. The van der Waals surface area contributed by atoms with Gasteiger partial charge in [0.25, 0.3) is 0 Å². The van der Waals surface area contributed by atoms with Gasteiger partial charge in [0.2, 0.25) is 11.8 Å². The second-order valence-electron chi connectivity index (χ2n) is 9.42. The molecule has 0 bridgehead atoms. The van der Waals surface area contributed by atoms with Gasteiger partial charge in [-0.25, -0.2) is 4.98 Å². The van der Waals surface area contributed by atoms with Crippen LogP contribution in [0.5, 0.6) is 11.6 Å². The van der Waals surface area contributed by atoms with E-state index in [9.17, 15) is 0 Å². The number of rotatable bonds is 6. The lowest BCUT2D eigenvalue weighted by atomic mass is 9.87. The summed E-state index contributed by atoms with van der Waals surface area (Å²) in [6.07, 6.45) is 6.85. The monoisotopic (exact) mass is 397 g/mol. The van der Waals surface area contributed by atoms with Crippen LogP contribution >= 0.6 is 0 Å². The number of benzene rings is 1. The molecule has 1 heterocycles. The van der Waals surface area contributed by atoms with Crippen molar-refractivity contribution in [1.29, 1.82) is 0 Å². The van der Waals surface area contributed by atoms with E-state index in [1.807, 2.05) is 65.1 Å². The molecular formula is C24H35N3O2. The molecule has 1 aromatic carbocycles. The van der Waals surface area contributed by atoms with E-state index < -0.39 is 0 Å². The number of nitrogens with one attached hydrogen (secondary N) is 1. The summed E-state index contributed by atoms with van der Waals surface area (Å²) in [5.41, 5.74) is 1.55. The summed E-state index contributed by atoms with van der Waals surface area (Å²) in [6.45, 7) is 12.5. The van der Waals surface area contributed by atoms with Crippen molar-refractivity contribution in [3.8, 4) is 22.8 Å². The Hall–Kier alpha value is -2.30. The molecule has 1 aromatic heterocycles. The fraction of sp³-hybridized carbons (Fsp3) is 0.583. The molecule has 1 N–H and O–H groups in total. The van der Waals surface area contributed by atoms with E-state index in [1.54, 1.807) is 0 Å². The van der Waals surface area contributed by atoms with Crippen LogP contribution in [-0.2, 0) is 0 Å². The minimum Gasteiger partial charge on any atom is -0.491 e. The van der Waals surface area contributed by atoms with Crippen molar-refractivity contribution in [3.05, 3.63) is 30.5 Å². The van der Waals surface area contributed by atoms with E-state index in [4.69, 9.17) is 14.5 Å². The first kappa shape index (κ1) is 21.4. The molecule has 1 aliphatic carbocycles. The normalized spacial score (nSPS) is 19.8. The molecule has 0 amide bonds. The van der Waals surface area contributed by atoms with Gasteiger partial charge in [-0.3, -0.25) is 0 Å². The highest BCUT2D eigenvalue weighted by Crippen LogP contribution is 2.33. The van der Waals surface area contributed by atoms with Gasteiger partial charge >= 0.3 is 0 Å². The van der Waals surface area contributed by atoms with Gasteiger partial charge in [-0.05, 0) is 83.9 Å². The van der Waals surface area contributed by atoms with Crippen molar-refractivity contribution >= 4 is 5.95 Å². The average Bonchev–Trinajstić information content (AvgIpc) is 2.63. The Morgan fingerprint density at radius 3 is 2.28 bits per heavy atom. The molecular weight excluding hydrogens is 362 g/mol. The fourth-order valence-corrected chi connectivity index (χ4v) is 3.57. The lowest BCUT2D eigenvalue weighted by Gasteiger charge is -2.27. The van der Waals surface area contributed by atoms with E-state index in [0.29, 0.717) is 17.9 Å². The van der Waals surface area contributed by atoms with Crippen molar-refractivity contribution < 1.29 is 9.47 Å². The molecule has 1 fully saturated rings. The Morgan fingerprint density at radius 1 is 1.03 bits per heavy atom. The number of ether oxygens (including phenoxy) is 2. The predicted molar refractivity (Wildman–Crippen MR) is 119 cm³/mol. The third-order valence-electron chi connectivity index (χ3n) is 5.04. The minimum absolute atomic E-state index is 0.150. The summed E-state index contributed by atoms with van der Waals surface area (Å²) >= 11 is 0. The quantitative estimate of drug-likeness (QED) is 0.638. The van der Waals surface area contributed by atoms with Crippen molar-refractivity contribution in [2.75, 3.05) is 5.32 Å². The number of aromatic nitrogens is 2. The van der Waals surface area contributed by atoms with E-state index in [2.05, 4.69) is 17.2 Å². The van der Waals surface area contributed by atoms with Crippen LogP contribution in [0.25, 0.3) is 11.1 Å². The molecule has 5 nitrogen and oxygen atoms in total. The second-order valence-corrected chi connectivity index (χ2v) is 9.42. The summed E-state index contributed by atoms with van der Waals surface area (Å²) in [5.74, 6) is 2.93. The van der Waals surface area contributed by atoms with E-state index in [-0.39, 0.29) is 11.7 Å². The molecule has 1 aliphatic rings. The molecule has 0 unspecified atom stereocenters. The SMILES string of the molecule is CC1CCC(Nc2ncc(-c3ccc(OC(C)C)cc3)c(OC(C)(C)C)n2)CC1. The summed E-state index contributed by atoms with van der Waals surface area (Å²) in [4.78, 5) is 9.34. The lowest BCUT2D eigenvalue weighted by molar-refractivity contribution is 0.125. The number of nitrogens with zero attached hydrogens (tertiary/aromatic N) is 2. The molecule has 1 saturated carbocycles. The van der Waals surface area contributed by atoms with Crippen LogP contribution in [-0.4, -0.2) is 27.7 Å². The zero-order valence-corrected chi connectivity index (χ0v) is 18.7. The number of anilines is 1. The Kier molecular flexibility index (Phi) is 6.66. The molecule has 3 rings (SSSR count). The van der Waals surface area contributed by atoms with E-state index in [0.717, 1.165) is 22.8 Å². The smallest absolute Gasteiger partial charge is 0.226 e. The van der Waals surface area contributed by atoms with Gasteiger partial charge in [0.15, 0.2) is 0 Å². The van der Waals surface area contributed by atoms with Crippen molar-refractivity contribution in [1.82, 2.24) is 9.97 Å². The first-order valence-corrected chi connectivity index (χ1v) is 10.8. The van der Waals surface area contributed by atoms with Crippen LogP contribution in [0.15, 0.2) is 30.5 Å². The van der Waals surface area contributed by atoms with Gasteiger partial charge in [-0.2, -0.15) is 4.98 Å². The van der Waals surface area contributed by atoms with Gasteiger partial charge < -0.3 is 14.8 Å². The molecule has 0 atom stereocenters. The van der Waals surface area contributed by atoms with Crippen LogP contribution in [0, 0.1) is 5.92 Å². The fourth-order valence-electron chi connectivity index (χ4n) is 3.57. The average molecular weight is 398 g/mol. The summed E-state index contributed by atoms with van der Waals surface area (Å²) in [7, 11) is 0. The van der Waals surface area contributed by atoms with Gasteiger partial charge in [-0.15, -0.1) is 0 Å². The number of hydrogen-bond acceptors (Lipinski definition) is 5. The largest absolute Gasteiger partial charge is 0.491 e. The molecule has 0 saturated heterocycles. The zero-order valence-electron chi connectivity index (χ0n) is 18.7. The minimum atomic E-state index is -0.346. The highest BCUT2D eigenvalue weighted by Gasteiger charge is 2.21. The van der Waals surface area contributed by atoms with E-state index in [1.165, 1.54) is 25.7 Å². The highest BCUT2D eigenvalue weighted by molar-refractivity contribution is 5.69. The Labute approximate surface area is 175 Å². The Bertz CT molecular complexity index is 789. The zero-order chi connectivity index (χ0) is 21.0. The molecule has 29 heavy (non-hydrogen) atoms. The number of hydrogen-bond donors (Lipinski definition) is 1. The van der Waals surface area contributed by atoms with Crippen LogP contribution in [0.3, 0.4) is 0 Å². The van der Waals surface area contributed by atoms with Crippen LogP contribution in [0.1, 0.15) is 67.2 Å². The topological polar surface area (TPSA) is 56.3 Å². The van der Waals surface area contributed by atoms with Gasteiger partial charge in [0.05, 0.1) is 11.7 Å². The molecule has 158 valence electrons. The van der Waals surface area contributed by atoms with E-state index >= 15 is 0 Å². The van der Waals surface area contributed by atoms with Crippen molar-refractivity contribution in [3.63, 3.8) is 0 Å². The third kappa shape index (κ3) is 6.34. The van der Waals surface area contributed by atoms with Crippen LogP contribution < -0.4 is 14.8 Å². The Balaban J connectivity index is 1.84. The van der Waals surface area contributed by atoms with Crippen LogP contribution in [0.4, 0.5) is 5.95 Å². The summed E-state index contributed by atoms with van der Waals surface area (Å²) < 4.78 is 12.0. The standard InChI is InChI=1S/C24H35N3O2/c1-16(2)28-20-13-9-18(10-14-20)21-15-25-23(27-22(21)29-24(4,5)6)26-19-11-7-17(3)8-12-19/h9-10,13-17,19H,7-8,11-12H2,1-6H3,(H,25,26,27). The maximum Gasteiger partial charge on any atom is 0.226 e. The molecule has 2 aromatic rings. The Morgan fingerprint density at radius 2 is 1.69 bits per heavy atom. The second kappa shape index (κ2) is 9.02. The predicted octanol–water partition coefficient (Wildman–Crippen LogP) is 6.10. The third-order valence-corrected chi connectivity index (χ3v) is 5.04. The van der Waals surface area contributed by atoms with Gasteiger partial charge in [-0.1, -0.05) is 19.1 Å². The molecule has 0 radical (unpaired) electrons. The maximum atomic E-state index is 6.21. The first-order valence-electron chi connectivity index (χ1n) is 10.8. The van der Waals surface area contributed by atoms with Gasteiger partial charge in [0.1, 0.15) is 11.4 Å². The van der Waals surface area contributed by atoms with Gasteiger partial charge in [0, 0.05) is 12.2 Å². The lowest BCUT2D eigenvalue weighted by Crippen LogP contribution is -2.27. The first-order chi connectivity index (χ1) is 13.7. The van der Waals surface area contributed by atoms with Crippen molar-refractivity contribution in [2.24, 2.45) is 5.92 Å². The summed E-state index contributed by atoms with van der Waals surface area (Å²) in [5, 5.41) is 3.51. The summed E-state index contributed by atoms with van der Waals surface area (Å²) in [6, 6.07) is 8.45. The molecule has 5 heteroatoms. The molecule has 0 aliphatic heterocycles. The van der Waals surface area contributed by atoms with Crippen molar-refractivity contribution in [2.45, 2.75) is 85.0 Å². The molecule has 0 spiro atoms. The maximum absolute atomic E-state index is 6.21. The van der Waals surface area contributed by atoms with Crippen LogP contribution in [0.2, 0.25) is 0 Å².